The lowest BCUT2D eigenvalue weighted by Crippen LogP contribution is -2.11. The number of allylic oxidation sites excluding steroid dienone is 3. The number of hydrogen-bond donors (Lipinski definition) is 0. The van der Waals surface area contributed by atoms with Crippen LogP contribution in [0.25, 0.3) is 12.2 Å². The highest BCUT2D eigenvalue weighted by Gasteiger charge is 2.21. The second-order valence-electron chi connectivity index (χ2n) is 7.64. The number of hydrogen-bond acceptors (Lipinski definition) is 6. The van der Waals surface area contributed by atoms with Crippen molar-refractivity contribution in [1.29, 1.82) is 0 Å². The summed E-state index contributed by atoms with van der Waals surface area (Å²) in [6.45, 7) is 0. The summed E-state index contributed by atoms with van der Waals surface area (Å²) in [5.74, 6) is 1.58. The maximum absolute atomic E-state index is 13.4. The third-order valence-corrected chi connectivity index (χ3v) is 7.60. The summed E-state index contributed by atoms with van der Waals surface area (Å²) in [5, 5.41) is 0. The Bertz CT molecular complexity index is 1230. The molecule has 0 atom stereocenters. The smallest absolute Gasteiger partial charge is 0.191 e. The van der Waals surface area contributed by atoms with Gasteiger partial charge in [0.2, 0.25) is 0 Å². The van der Waals surface area contributed by atoms with Crippen LogP contribution in [0.5, 0.6) is 0 Å². The van der Waals surface area contributed by atoms with Crippen LogP contribution in [-0.2, 0) is 21.1 Å². The number of ketones is 2. The summed E-state index contributed by atoms with van der Waals surface area (Å²) in [7, 11) is 0. The van der Waals surface area contributed by atoms with Crippen molar-refractivity contribution >= 4 is 47.2 Å². The molecule has 2 aromatic heterocycles. The van der Waals surface area contributed by atoms with Crippen LogP contribution in [0.4, 0.5) is 0 Å². The standard InChI is InChI=1S/C30H24O4S2/c31-27(17-15-25-13-7-19-33-25)29(28(32)18-16-26-14-8-20-34-26)30(35-21-23-9-3-1-4-10-23)36-22-24-11-5-2-6-12-24/h1-20H,21-22H2/b17-15+,18-16+. The Morgan fingerprint density at radius 1 is 0.611 bits per heavy atom. The molecule has 0 aliphatic carbocycles. The second-order valence-corrected chi connectivity index (χ2v) is 9.87. The van der Waals surface area contributed by atoms with Crippen LogP contribution in [0.15, 0.2) is 128 Å². The number of carbonyl (C=O) groups excluding carboxylic acids is 2. The van der Waals surface area contributed by atoms with Crippen molar-refractivity contribution in [3.05, 3.63) is 142 Å². The number of rotatable bonds is 12. The lowest BCUT2D eigenvalue weighted by atomic mass is 10.1. The van der Waals surface area contributed by atoms with Gasteiger partial charge in [-0.3, -0.25) is 9.59 Å². The fourth-order valence-corrected chi connectivity index (χ4v) is 5.57. The van der Waals surface area contributed by atoms with Gasteiger partial charge in [0.05, 0.1) is 22.3 Å². The fraction of sp³-hybridized carbons (Fsp3) is 0.0667. The quantitative estimate of drug-likeness (QED) is 0.110. The molecule has 2 heterocycles. The molecule has 4 nitrogen and oxygen atoms in total. The van der Waals surface area contributed by atoms with Gasteiger partial charge in [-0.25, -0.2) is 0 Å². The molecule has 36 heavy (non-hydrogen) atoms. The monoisotopic (exact) mass is 512 g/mol. The van der Waals surface area contributed by atoms with Crippen LogP contribution in [-0.4, -0.2) is 11.6 Å². The zero-order valence-electron chi connectivity index (χ0n) is 19.4. The Labute approximate surface area is 218 Å². The van der Waals surface area contributed by atoms with Gasteiger partial charge in [-0.1, -0.05) is 60.7 Å². The third-order valence-electron chi connectivity index (χ3n) is 5.01. The van der Waals surface area contributed by atoms with Crippen LogP contribution in [0.3, 0.4) is 0 Å². The van der Waals surface area contributed by atoms with Crippen molar-refractivity contribution in [2.24, 2.45) is 0 Å². The molecule has 0 spiro atoms. The molecule has 4 rings (SSSR count). The minimum Gasteiger partial charge on any atom is -0.465 e. The molecule has 6 heteroatoms. The SMILES string of the molecule is O=C(/C=C/c1ccco1)C(C(=O)/C=C/c1ccco1)=C(SCc1ccccc1)SCc1ccccc1. The fourth-order valence-electron chi connectivity index (χ4n) is 3.21. The van der Waals surface area contributed by atoms with E-state index in [1.165, 1.54) is 48.2 Å². The van der Waals surface area contributed by atoms with Crippen LogP contribution in [0.2, 0.25) is 0 Å². The highest BCUT2D eigenvalue weighted by atomic mass is 32.2. The summed E-state index contributed by atoms with van der Waals surface area (Å²) in [5.41, 5.74) is 2.34. The van der Waals surface area contributed by atoms with E-state index < -0.39 is 0 Å². The predicted octanol–water partition coefficient (Wildman–Crippen LogP) is 7.82. The van der Waals surface area contributed by atoms with Crippen molar-refractivity contribution in [2.45, 2.75) is 11.5 Å². The average Bonchev–Trinajstić information content (AvgIpc) is 3.63. The third kappa shape index (κ3) is 7.63. The summed E-state index contributed by atoms with van der Waals surface area (Å²) in [6, 6.07) is 27.0. The first-order chi connectivity index (χ1) is 17.7. The maximum atomic E-state index is 13.4. The van der Waals surface area contributed by atoms with Crippen molar-refractivity contribution in [1.82, 2.24) is 0 Å². The molecule has 0 amide bonds. The van der Waals surface area contributed by atoms with Crippen molar-refractivity contribution < 1.29 is 18.4 Å². The Kier molecular flexibility index (Phi) is 9.42. The van der Waals surface area contributed by atoms with Gasteiger partial charge in [-0.15, -0.1) is 23.5 Å². The van der Waals surface area contributed by atoms with Gasteiger partial charge < -0.3 is 8.83 Å². The van der Waals surface area contributed by atoms with E-state index in [9.17, 15) is 9.59 Å². The van der Waals surface area contributed by atoms with Crippen molar-refractivity contribution in [3.63, 3.8) is 0 Å². The molecule has 0 saturated carbocycles. The molecular formula is C30H24O4S2. The lowest BCUT2D eigenvalue weighted by Gasteiger charge is -2.12. The zero-order chi connectivity index (χ0) is 25.0. The zero-order valence-corrected chi connectivity index (χ0v) is 21.0. The highest BCUT2D eigenvalue weighted by molar-refractivity contribution is 8.21. The second kappa shape index (κ2) is 13.4. The molecule has 0 bridgehead atoms. The van der Waals surface area contributed by atoms with Gasteiger partial charge in [-0.05, 0) is 59.7 Å². The van der Waals surface area contributed by atoms with E-state index in [0.29, 0.717) is 27.3 Å². The first-order valence-electron chi connectivity index (χ1n) is 11.3. The van der Waals surface area contributed by atoms with Crippen LogP contribution in [0, 0.1) is 0 Å². The first-order valence-corrected chi connectivity index (χ1v) is 13.3. The van der Waals surface area contributed by atoms with Gasteiger partial charge in [0.15, 0.2) is 11.6 Å². The van der Waals surface area contributed by atoms with Gasteiger partial charge in [-0.2, -0.15) is 0 Å². The van der Waals surface area contributed by atoms with E-state index in [2.05, 4.69) is 0 Å². The largest absolute Gasteiger partial charge is 0.465 e. The molecule has 0 aliphatic heterocycles. The lowest BCUT2D eigenvalue weighted by molar-refractivity contribution is -0.116. The Balaban J connectivity index is 1.68. The predicted molar refractivity (Wildman–Crippen MR) is 148 cm³/mol. The van der Waals surface area contributed by atoms with Crippen LogP contribution < -0.4 is 0 Å². The van der Waals surface area contributed by atoms with Crippen LogP contribution >= 0.6 is 23.5 Å². The van der Waals surface area contributed by atoms with E-state index in [0.717, 1.165) is 11.1 Å². The molecule has 0 N–H and O–H groups in total. The van der Waals surface area contributed by atoms with Crippen LogP contribution in [0.1, 0.15) is 22.6 Å². The minimum atomic E-state index is -0.378. The van der Waals surface area contributed by atoms with Gasteiger partial charge in [0.1, 0.15) is 11.5 Å². The summed E-state index contributed by atoms with van der Waals surface area (Å²) in [6.07, 6.45) is 9.00. The average molecular weight is 513 g/mol. The number of benzene rings is 2. The van der Waals surface area contributed by atoms with E-state index in [1.807, 2.05) is 60.7 Å². The van der Waals surface area contributed by atoms with E-state index in [1.54, 1.807) is 36.4 Å². The molecule has 4 aromatic rings. The van der Waals surface area contributed by atoms with E-state index >= 15 is 0 Å². The van der Waals surface area contributed by atoms with Crippen molar-refractivity contribution in [2.75, 3.05) is 0 Å². The number of carbonyl (C=O) groups is 2. The molecule has 0 unspecified atom stereocenters. The van der Waals surface area contributed by atoms with Gasteiger partial charge in [0.25, 0.3) is 0 Å². The molecule has 180 valence electrons. The summed E-state index contributed by atoms with van der Waals surface area (Å²) in [4.78, 5) is 26.8. The molecule has 0 radical (unpaired) electrons. The van der Waals surface area contributed by atoms with E-state index in [4.69, 9.17) is 8.83 Å². The normalized spacial score (nSPS) is 11.2. The topological polar surface area (TPSA) is 60.4 Å². The Morgan fingerprint density at radius 3 is 1.44 bits per heavy atom. The van der Waals surface area contributed by atoms with E-state index in [-0.39, 0.29) is 17.1 Å². The molecule has 0 aliphatic rings. The summed E-state index contributed by atoms with van der Waals surface area (Å²) < 4.78 is 11.3. The Hall–Kier alpha value is -3.74. The van der Waals surface area contributed by atoms with Gasteiger partial charge >= 0.3 is 0 Å². The molecule has 0 saturated heterocycles. The Morgan fingerprint density at radius 2 is 1.06 bits per heavy atom. The minimum absolute atomic E-state index is 0.127. The number of furan rings is 2. The summed E-state index contributed by atoms with van der Waals surface area (Å²) >= 11 is 2.98. The highest BCUT2D eigenvalue weighted by Crippen LogP contribution is 2.37. The van der Waals surface area contributed by atoms with Crippen molar-refractivity contribution in [3.8, 4) is 0 Å². The number of thioether (sulfide) groups is 2. The maximum Gasteiger partial charge on any atom is 0.191 e. The first kappa shape index (κ1) is 25.4. The molecule has 0 fully saturated rings. The molecular weight excluding hydrogens is 488 g/mol. The molecule has 2 aromatic carbocycles. The van der Waals surface area contributed by atoms with Gasteiger partial charge in [0, 0.05) is 11.5 Å².